The van der Waals surface area contributed by atoms with E-state index >= 15 is 0 Å². The van der Waals surface area contributed by atoms with Gasteiger partial charge in [-0.25, -0.2) is 0 Å². The number of allylic oxidation sites excluding steroid dienone is 5. The zero-order chi connectivity index (χ0) is 7.98. The molecule has 0 saturated heterocycles. The van der Waals surface area contributed by atoms with Gasteiger partial charge >= 0.3 is 0 Å². The second kappa shape index (κ2) is 5.36. The molecule has 1 heteroatoms. The highest BCUT2D eigenvalue weighted by atomic mass is 32.1. The van der Waals surface area contributed by atoms with Crippen molar-refractivity contribution in [3.8, 4) is 0 Å². The summed E-state index contributed by atoms with van der Waals surface area (Å²) < 4.78 is 0. The van der Waals surface area contributed by atoms with E-state index in [4.69, 9.17) is 0 Å². The normalized spacial score (nSPS) is 14.8. The van der Waals surface area contributed by atoms with Crippen LogP contribution in [0.2, 0.25) is 0 Å². The molecule has 0 atom stereocenters. The Morgan fingerprint density at radius 1 is 1.30 bits per heavy atom. The molecule has 0 aromatic heterocycles. The van der Waals surface area contributed by atoms with Crippen molar-refractivity contribution in [1.29, 1.82) is 0 Å². The van der Waals surface area contributed by atoms with Crippen molar-refractivity contribution >= 4 is 12.6 Å². The fourth-order valence-corrected chi connectivity index (χ4v) is 0.831. The van der Waals surface area contributed by atoms with E-state index in [0.717, 1.165) is 4.91 Å². The maximum Gasteiger partial charge on any atom is -0.0000148 e. The molecule has 0 aliphatic carbocycles. The van der Waals surface area contributed by atoms with Crippen molar-refractivity contribution in [2.75, 3.05) is 0 Å². The van der Waals surface area contributed by atoms with Gasteiger partial charge in [0, 0.05) is 0 Å². The van der Waals surface area contributed by atoms with Gasteiger partial charge in [0.1, 0.15) is 0 Å². The second-order valence-electron chi connectivity index (χ2n) is 2.10. The topological polar surface area (TPSA) is 0 Å². The highest BCUT2D eigenvalue weighted by molar-refractivity contribution is 7.84. The third-order valence-electron chi connectivity index (χ3n) is 1.10. The quantitative estimate of drug-likeness (QED) is 0.457. The minimum absolute atomic E-state index is 1.01. The molecule has 56 valence electrons. The molecule has 0 aliphatic rings. The maximum atomic E-state index is 4.21. The van der Waals surface area contributed by atoms with Gasteiger partial charge in [-0.3, -0.25) is 0 Å². The second-order valence-corrected chi connectivity index (χ2v) is 2.62. The van der Waals surface area contributed by atoms with Gasteiger partial charge < -0.3 is 0 Å². The molecule has 0 unspecified atom stereocenters. The van der Waals surface area contributed by atoms with Crippen molar-refractivity contribution in [2.24, 2.45) is 0 Å². The Bertz CT molecular complexity index is 173. The van der Waals surface area contributed by atoms with Crippen LogP contribution in [0.3, 0.4) is 0 Å². The predicted molar refractivity (Wildman–Crippen MR) is 51.3 cm³/mol. The van der Waals surface area contributed by atoms with Crippen LogP contribution in [-0.2, 0) is 0 Å². The Hall–Kier alpha value is -0.430. The molecule has 0 saturated carbocycles. The van der Waals surface area contributed by atoms with E-state index in [1.54, 1.807) is 0 Å². The molecule has 0 aromatic carbocycles. The van der Waals surface area contributed by atoms with Gasteiger partial charge in [-0.2, -0.15) is 0 Å². The van der Waals surface area contributed by atoms with Crippen LogP contribution < -0.4 is 0 Å². The van der Waals surface area contributed by atoms with Gasteiger partial charge in [-0.15, -0.1) is 12.6 Å². The first-order valence-corrected chi connectivity index (χ1v) is 3.81. The first-order valence-electron chi connectivity index (χ1n) is 3.37. The first-order chi connectivity index (χ1) is 4.70. The van der Waals surface area contributed by atoms with E-state index in [1.807, 2.05) is 32.1 Å². The van der Waals surface area contributed by atoms with Crippen LogP contribution in [0.1, 0.15) is 20.8 Å². The Kier molecular flexibility index (Phi) is 5.13. The minimum Gasteiger partial charge on any atom is -0.144 e. The van der Waals surface area contributed by atoms with Gasteiger partial charge in [0.05, 0.1) is 0 Å². The maximum absolute atomic E-state index is 4.21. The Morgan fingerprint density at radius 3 is 2.30 bits per heavy atom. The van der Waals surface area contributed by atoms with Gasteiger partial charge in [-0.05, 0) is 31.8 Å². The summed E-state index contributed by atoms with van der Waals surface area (Å²) in [5, 5.41) is 0. The fourth-order valence-electron chi connectivity index (χ4n) is 0.628. The third kappa shape index (κ3) is 4.45. The van der Waals surface area contributed by atoms with E-state index in [0.29, 0.717) is 0 Å². The molecule has 0 fully saturated rings. The van der Waals surface area contributed by atoms with Crippen LogP contribution in [0.4, 0.5) is 0 Å². The highest BCUT2D eigenvalue weighted by Crippen LogP contribution is 2.06. The number of rotatable bonds is 2. The molecule has 0 amide bonds. The number of thiol groups is 1. The summed E-state index contributed by atoms with van der Waals surface area (Å²) in [6.07, 6.45) is 8.07. The molecular weight excluding hydrogens is 140 g/mol. The molecule has 0 spiro atoms. The zero-order valence-corrected chi connectivity index (χ0v) is 7.65. The molecule has 0 radical (unpaired) electrons. The molecule has 0 aliphatic heterocycles. The zero-order valence-electron chi connectivity index (χ0n) is 6.76. The largest absolute Gasteiger partial charge is 0.144 e. The molecule has 0 bridgehead atoms. The van der Waals surface area contributed by atoms with E-state index in [9.17, 15) is 0 Å². The lowest BCUT2D eigenvalue weighted by Crippen LogP contribution is -1.68. The first kappa shape index (κ1) is 9.57. The van der Waals surface area contributed by atoms with Crippen LogP contribution in [0, 0.1) is 0 Å². The molecule has 0 heterocycles. The van der Waals surface area contributed by atoms with E-state index < -0.39 is 0 Å². The van der Waals surface area contributed by atoms with Crippen molar-refractivity contribution in [2.45, 2.75) is 20.8 Å². The molecular formula is C9H14S. The lowest BCUT2D eigenvalue weighted by Gasteiger charge is -1.90. The Balaban J connectivity index is 4.16. The molecule has 0 nitrogen and oxygen atoms in total. The SMILES string of the molecule is C\C=C/C(C)=C\C(S)=C\C. The standard InChI is InChI=1S/C9H14S/c1-4-6-8(3)7-9(10)5-2/h4-7,10H,1-3H3/b6-4-,8-7-,9-5-. The minimum atomic E-state index is 1.01. The summed E-state index contributed by atoms with van der Waals surface area (Å²) in [7, 11) is 0. The van der Waals surface area contributed by atoms with Crippen molar-refractivity contribution in [3.63, 3.8) is 0 Å². The Labute approximate surface area is 68.7 Å². The van der Waals surface area contributed by atoms with Gasteiger partial charge in [0.2, 0.25) is 0 Å². The van der Waals surface area contributed by atoms with E-state index in [1.165, 1.54) is 5.57 Å². The van der Waals surface area contributed by atoms with Crippen LogP contribution >= 0.6 is 12.6 Å². The van der Waals surface area contributed by atoms with Crippen LogP contribution in [-0.4, -0.2) is 0 Å². The monoisotopic (exact) mass is 154 g/mol. The Morgan fingerprint density at radius 2 is 1.90 bits per heavy atom. The molecule has 0 N–H and O–H groups in total. The fraction of sp³-hybridized carbons (Fsp3) is 0.333. The van der Waals surface area contributed by atoms with Gasteiger partial charge in [0.15, 0.2) is 0 Å². The van der Waals surface area contributed by atoms with Gasteiger partial charge in [-0.1, -0.05) is 23.8 Å². The summed E-state index contributed by atoms with van der Waals surface area (Å²) in [5.41, 5.74) is 1.23. The van der Waals surface area contributed by atoms with Crippen LogP contribution in [0.15, 0.2) is 34.8 Å². The highest BCUT2D eigenvalue weighted by Gasteiger charge is 1.81. The average molecular weight is 154 g/mol. The van der Waals surface area contributed by atoms with Crippen molar-refractivity contribution < 1.29 is 0 Å². The number of hydrogen-bond donors (Lipinski definition) is 1. The van der Waals surface area contributed by atoms with Crippen molar-refractivity contribution in [1.82, 2.24) is 0 Å². The lowest BCUT2D eigenvalue weighted by molar-refractivity contribution is 1.49. The smallest absolute Gasteiger partial charge is 0.0000148 e. The predicted octanol–water partition coefficient (Wildman–Crippen LogP) is 3.34. The summed E-state index contributed by atoms with van der Waals surface area (Å²) in [4.78, 5) is 1.01. The molecule has 10 heavy (non-hydrogen) atoms. The van der Waals surface area contributed by atoms with Crippen LogP contribution in [0.5, 0.6) is 0 Å². The summed E-state index contributed by atoms with van der Waals surface area (Å²) in [6, 6.07) is 0. The molecule has 0 aromatic rings. The third-order valence-corrected chi connectivity index (χ3v) is 1.49. The lowest BCUT2D eigenvalue weighted by atomic mass is 10.2. The summed E-state index contributed by atoms with van der Waals surface area (Å²) in [6.45, 7) is 6.03. The summed E-state index contributed by atoms with van der Waals surface area (Å²) >= 11 is 4.21. The van der Waals surface area contributed by atoms with Crippen molar-refractivity contribution in [3.05, 3.63) is 34.8 Å². The summed E-state index contributed by atoms with van der Waals surface area (Å²) in [5.74, 6) is 0. The van der Waals surface area contributed by atoms with Crippen LogP contribution in [0.25, 0.3) is 0 Å². The average Bonchev–Trinajstić information content (AvgIpc) is 1.88. The van der Waals surface area contributed by atoms with E-state index in [-0.39, 0.29) is 0 Å². The number of hydrogen-bond acceptors (Lipinski definition) is 1. The van der Waals surface area contributed by atoms with E-state index in [2.05, 4.69) is 25.6 Å². The van der Waals surface area contributed by atoms with Gasteiger partial charge in [0.25, 0.3) is 0 Å². The molecule has 0 rings (SSSR count).